The Labute approximate surface area is 85.3 Å². The standard InChI is InChI=1S/C9H13FN2OS/c1-12(2)6-7-3-4-9(14(11)13)8(10)5-7/h3-5H,6,11H2,1-2H3. The first-order chi connectivity index (χ1) is 6.50. The second-order valence-corrected chi connectivity index (χ2v) is 4.33. The van der Waals surface area contributed by atoms with Crippen LogP contribution < -0.4 is 5.14 Å². The van der Waals surface area contributed by atoms with Crippen molar-refractivity contribution in [3.63, 3.8) is 0 Å². The van der Waals surface area contributed by atoms with Crippen LogP contribution in [0.3, 0.4) is 0 Å². The molecule has 0 saturated carbocycles. The van der Waals surface area contributed by atoms with Gasteiger partial charge in [0.15, 0.2) is 0 Å². The average Bonchev–Trinajstić information content (AvgIpc) is 2.01. The summed E-state index contributed by atoms with van der Waals surface area (Å²) in [5.41, 5.74) is 0.835. The Bertz CT molecular complexity index is 355. The highest BCUT2D eigenvalue weighted by atomic mass is 32.2. The molecule has 1 aromatic rings. The predicted molar refractivity (Wildman–Crippen MR) is 54.4 cm³/mol. The molecule has 1 rings (SSSR count). The largest absolute Gasteiger partial charge is 0.305 e. The van der Waals surface area contributed by atoms with E-state index in [1.165, 1.54) is 12.1 Å². The summed E-state index contributed by atoms with van der Waals surface area (Å²) in [6, 6.07) is 4.55. The van der Waals surface area contributed by atoms with Crippen LogP contribution in [0.15, 0.2) is 23.1 Å². The lowest BCUT2D eigenvalue weighted by molar-refractivity contribution is 0.401. The minimum Gasteiger partial charge on any atom is -0.305 e. The maximum Gasteiger partial charge on any atom is 0.140 e. The number of rotatable bonds is 3. The monoisotopic (exact) mass is 216 g/mol. The maximum atomic E-state index is 13.3. The van der Waals surface area contributed by atoms with Gasteiger partial charge in [-0.1, -0.05) is 6.07 Å². The van der Waals surface area contributed by atoms with Crippen molar-refractivity contribution in [3.8, 4) is 0 Å². The van der Waals surface area contributed by atoms with Gasteiger partial charge in [0.1, 0.15) is 16.8 Å². The molecule has 0 aliphatic carbocycles. The van der Waals surface area contributed by atoms with E-state index in [9.17, 15) is 8.60 Å². The third kappa shape index (κ3) is 2.87. The van der Waals surface area contributed by atoms with E-state index in [-0.39, 0.29) is 4.90 Å². The van der Waals surface area contributed by atoms with E-state index in [4.69, 9.17) is 5.14 Å². The lowest BCUT2D eigenvalue weighted by Gasteiger charge is -2.10. The van der Waals surface area contributed by atoms with Gasteiger partial charge in [0, 0.05) is 6.54 Å². The van der Waals surface area contributed by atoms with Crippen LogP contribution in [0.5, 0.6) is 0 Å². The van der Waals surface area contributed by atoms with Crippen molar-refractivity contribution >= 4 is 11.0 Å². The molecule has 0 aliphatic rings. The summed E-state index contributed by atoms with van der Waals surface area (Å²) in [7, 11) is 2.04. The number of nitrogens with zero attached hydrogens (tertiary/aromatic N) is 1. The second-order valence-electron chi connectivity index (χ2n) is 3.30. The highest BCUT2D eigenvalue weighted by molar-refractivity contribution is 7.82. The summed E-state index contributed by atoms with van der Waals surface area (Å²) in [5.74, 6) is -0.509. The van der Waals surface area contributed by atoms with Crippen LogP contribution in [0, 0.1) is 5.82 Å². The van der Waals surface area contributed by atoms with Gasteiger partial charge in [0.25, 0.3) is 0 Å². The van der Waals surface area contributed by atoms with Gasteiger partial charge in [0.05, 0.1) is 4.90 Å². The SMILES string of the molecule is CN(C)Cc1ccc(S(N)=O)c(F)c1. The minimum atomic E-state index is -1.75. The van der Waals surface area contributed by atoms with Gasteiger partial charge >= 0.3 is 0 Å². The number of nitrogens with two attached hydrogens (primary N) is 1. The average molecular weight is 216 g/mol. The quantitative estimate of drug-likeness (QED) is 0.815. The van der Waals surface area contributed by atoms with E-state index in [0.717, 1.165) is 5.56 Å². The molecule has 0 aromatic heterocycles. The number of halogens is 1. The molecule has 0 bridgehead atoms. The molecule has 0 fully saturated rings. The van der Waals surface area contributed by atoms with Crippen LogP contribution in [-0.4, -0.2) is 23.2 Å². The molecule has 14 heavy (non-hydrogen) atoms. The maximum absolute atomic E-state index is 13.3. The molecule has 0 saturated heterocycles. The zero-order valence-electron chi connectivity index (χ0n) is 8.16. The summed E-state index contributed by atoms with van der Waals surface area (Å²) in [6.07, 6.45) is 0. The normalized spacial score (nSPS) is 13.2. The van der Waals surface area contributed by atoms with E-state index in [1.807, 2.05) is 19.0 Å². The fourth-order valence-corrected chi connectivity index (χ4v) is 1.62. The van der Waals surface area contributed by atoms with Crippen molar-refractivity contribution in [2.24, 2.45) is 5.14 Å². The Morgan fingerprint density at radius 3 is 2.57 bits per heavy atom. The van der Waals surface area contributed by atoms with Crippen molar-refractivity contribution in [2.75, 3.05) is 14.1 Å². The zero-order chi connectivity index (χ0) is 10.7. The lowest BCUT2D eigenvalue weighted by Crippen LogP contribution is -2.11. The highest BCUT2D eigenvalue weighted by Gasteiger charge is 2.07. The molecule has 0 radical (unpaired) electrons. The van der Waals surface area contributed by atoms with E-state index in [2.05, 4.69) is 0 Å². The highest BCUT2D eigenvalue weighted by Crippen LogP contribution is 2.13. The summed E-state index contributed by atoms with van der Waals surface area (Å²) >= 11 is 0. The van der Waals surface area contributed by atoms with Crippen molar-refractivity contribution < 1.29 is 8.60 Å². The van der Waals surface area contributed by atoms with Gasteiger partial charge in [-0.25, -0.2) is 13.7 Å². The molecule has 78 valence electrons. The molecule has 1 aromatic carbocycles. The summed E-state index contributed by atoms with van der Waals surface area (Å²) < 4.78 is 24.1. The molecule has 0 amide bonds. The first kappa shape index (κ1) is 11.3. The Morgan fingerprint density at radius 1 is 1.50 bits per heavy atom. The smallest absolute Gasteiger partial charge is 0.140 e. The molecule has 0 spiro atoms. The zero-order valence-corrected chi connectivity index (χ0v) is 8.97. The van der Waals surface area contributed by atoms with E-state index >= 15 is 0 Å². The molecule has 0 aliphatic heterocycles. The topological polar surface area (TPSA) is 46.3 Å². The molecule has 1 unspecified atom stereocenters. The van der Waals surface area contributed by atoms with E-state index in [0.29, 0.717) is 6.54 Å². The number of hydrogen-bond donors (Lipinski definition) is 1. The summed E-state index contributed by atoms with van der Waals surface area (Å²) in [5, 5.41) is 5.09. The predicted octanol–water partition coefficient (Wildman–Crippen LogP) is 0.869. The van der Waals surface area contributed by atoms with Crippen LogP contribution in [0.4, 0.5) is 4.39 Å². The lowest BCUT2D eigenvalue weighted by atomic mass is 10.2. The number of hydrogen-bond acceptors (Lipinski definition) is 2. The first-order valence-electron chi connectivity index (χ1n) is 4.10. The third-order valence-corrected chi connectivity index (χ3v) is 2.48. The Balaban J connectivity index is 2.94. The van der Waals surface area contributed by atoms with Crippen molar-refractivity contribution in [3.05, 3.63) is 29.6 Å². The van der Waals surface area contributed by atoms with Gasteiger partial charge in [-0.3, -0.25) is 0 Å². The van der Waals surface area contributed by atoms with Crippen molar-refractivity contribution in [1.29, 1.82) is 0 Å². The molecular weight excluding hydrogens is 203 g/mol. The van der Waals surface area contributed by atoms with Gasteiger partial charge in [-0.15, -0.1) is 0 Å². The molecule has 2 N–H and O–H groups in total. The van der Waals surface area contributed by atoms with Crippen molar-refractivity contribution in [1.82, 2.24) is 4.90 Å². The van der Waals surface area contributed by atoms with Crippen LogP contribution in [0.25, 0.3) is 0 Å². The number of benzene rings is 1. The van der Waals surface area contributed by atoms with E-state index in [1.54, 1.807) is 6.07 Å². The fourth-order valence-electron chi connectivity index (χ4n) is 1.17. The third-order valence-electron chi connectivity index (χ3n) is 1.71. The second kappa shape index (κ2) is 4.63. The summed E-state index contributed by atoms with van der Waals surface area (Å²) in [6.45, 7) is 0.647. The van der Waals surface area contributed by atoms with Gasteiger partial charge < -0.3 is 4.90 Å². The van der Waals surface area contributed by atoms with Gasteiger partial charge in [-0.2, -0.15) is 0 Å². The van der Waals surface area contributed by atoms with Crippen LogP contribution in [-0.2, 0) is 17.5 Å². The van der Waals surface area contributed by atoms with E-state index < -0.39 is 16.8 Å². The molecular formula is C9H13FN2OS. The Morgan fingerprint density at radius 2 is 2.14 bits per heavy atom. The fraction of sp³-hybridized carbons (Fsp3) is 0.333. The molecule has 1 atom stereocenters. The summed E-state index contributed by atoms with van der Waals surface area (Å²) in [4.78, 5) is 1.97. The van der Waals surface area contributed by atoms with Gasteiger partial charge in [-0.05, 0) is 31.8 Å². The Hall–Kier alpha value is -0.780. The van der Waals surface area contributed by atoms with Crippen LogP contribution in [0.1, 0.15) is 5.56 Å². The van der Waals surface area contributed by atoms with Gasteiger partial charge in [0.2, 0.25) is 0 Å². The molecule has 3 nitrogen and oxygen atoms in total. The van der Waals surface area contributed by atoms with Crippen LogP contribution in [0.2, 0.25) is 0 Å². The molecule has 0 heterocycles. The van der Waals surface area contributed by atoms with Crippen molar-refractivity contribution in [2.45, 2.75) is 11.4 Å². The minimum absolute atomic E-state index is 0.0486. The Kier molecular flexibility index (Phi) is 3.74. The van der Waals surface area contributed by atoms with Crippen LogP contribution >= 0.6 is 0 Å². The first-order valence-corrected chi connectivity index (χ1v) is 5.31. The molecule has 5 heteroatoms.